The van der Waals surface area contributed by atoms with Gasteiger partial charge < -0.3 is 14.5 Å². The molecule has 0 bridgehead atoms. The van der Waals surface area contributed by atoms with Crippen molar-refractivity contribution >= 4 is 38.2 Å². The zero-order valence-electron chi connectivity index (χ0n) is 21.7. The molecule has 1 aliphatic carbocycles. The summed E-state index contributed by atoms with van der Waals surface area (Å²) in [5.74, 6) is -0.419. The Morgan fingerprint density at radius 3 is 2.66 bits per heavy atom. The first-order valence-corrected chi connectivity index (χ1v) is 14.2. The molecule has 3 heterocycles. The van der Waals surface area contributed by atoms with Crippen LogP contribution >= 0.6 is 0 Å². The van der Waals surface area contributed by atoms with E-state index in [1.54, 1.807) is 36.5 Å². The molecule has 1 N–H and O–H groups in total. The number of fused-ring (bicyclic) bond motifs is 4. The van der Waals surface area contributed by atoms with Gasteiger partial charge in [-0.25, -0.2) is 13.4 Å². The van der Waals surface area contributed by atoms with Crippen molar-refractivity contribution in [2.24, 2.45) is 0 Å². The molecular weight excluding hydrogens is 504 g/mol. The summed E-state index contributed by atoms with van der Waals surface area (Å²) in [5, 5.41) is 9.85. The first-order valence-electron chi connectivity index (χ1n) is 12.5. The van der Waals surface area contributed by atoms with Gasteiger partial charge in [0.25, 0.3) is 0 Å². The molecule has 198 valence electrons. The molecule has 2 aromatic heterocycles. The Bertz CT molecular complexity index is 1560. The number of hydrogen-bond acceptors (Lipinski definition) is 8. The molecule has 11 heteroatoms. The lowest BCUT2D eigenvalue weighted by atomic mass is 9.64. The number of nitrogens with one attached hydrogen (secondary N) is 1. The molecule has 5 rings (SSSR count). The summed E-state index contributed by atoms with van der Waals surface area (Å²) in [5.41, 5.74) is 3.80. The Hall–Kier alpha value is -3.75. The van der Waals surface area contributed by atoms with Crippen molar-refractivity contribution in [3.05, 3.63) is 42.2 Å². The number of likely N-dealkylation sites (N-methyl/N-ethyl adjacent to an activating group) is 1. The van der Waals surface area contributed by atoms with Crippen LogP contribution in [0.25, 0.3) is 22.0 Å². The van der Waals surface area contributed by atoms with Gasteiger partial charge >= 0.3 is 0 Å². The fourth-order valence-corrected chi connectivity index (χ4v) is 6.01. The Labute approximate surface area is 222 Å². The molecule has 1 amide bonds. The van der Waals surface area contributed by atoms with Crippen LogP contribution in [0, 0.1) is 11.3 Å². The van der Waals surface area contributed by atoms with E-state index < -0.39 is 21.2 Å². The quantitative estimate of drug-likeness (QED) is 0.414. The number of aromatic nitrogens is 2. The molecule has 0 saturated heterocycles. The number of anilines is 2. The molecule has 0 radical (unpaired) electrons. The largest absolute Gasteiger partial charge is 0.476 e. The van der Waals surface area contributed by atoms with Gasteiger partial charge in [0.1, 0.15) is 5.69 Å². The molecule has 1 aromatic carbocycles. The summed E-state index contributed by atoms with van der Waals surface area (Å²) in [6.07, 6.45) is 6.79. The van der Waals surface area contributed by atoms with E-state index in [-0.39, 0.29) is 17.5 Å². The van der Waals surface area contributed by atoms with Crippen molar-refractivity contribution in [3.63, 3.8) is 0 Å². The van der Waals surface area contributed by atoms with Crippen LogP contribution in [0.5, 0.6) is 5.88 Å². The van der Waals surface area contributed by atoms with E-state index in [2.05, 4.69) is 14.7 Å². The number of pyridine rings is 2. The molecular formula is C27H30N6O4S. The number of benzene rings is 1. The first-order chi connectivity index (χ1) is 18.1. The number of sulfonamides is 1. The van der Waals surface area contributed by atoms with E-state index in [9.17, 15) is 13.2 Å². The summed E-state index contributed by atoms with van der Waals surface area (Å²) in [6, 6.07) is 9.14. The van der Waals surface area contributed by atoms with Crippen molar-refractivity contribution in [2.45, 2.75) is 31.1 Å². The lowest BCUT2D eigenvalue weighted by Crippen LogP contribution is -2.43. The molecule has 2 aliphatic rings. The summed E-state index contributed by atoms with van der Waals surface area (Å²) in [7, 11) is 1.81. The maximum absolute atomic E-state index is 13.2. The van der Waals surface area contributed by atoms with Crippen LogP contribution in [-0.4, -0.2) is 69.2 Å². The predicted octanol–water partition coefficient (Wildman–Crippen LogP) is 3.29. The van der Waals surface area contributed by atoms with Crippen molar-refractivity contribution in [1.29, 1.82) is 5.26 Å². The van der Waals surface area contributed by atoms with Crippen LogP contribution < -0.4 is 14.4 Å². The topological polar surface area (TPSA) is 129 Å². The second-order valence-corrected chi connectivity index (χ2v) is 11.9. The van der Waals surface area contributed by atoms with Crippen molar-refractivity contribution in [3.8, 4) is 23.1 Å². The molecule has 0 atom stereocenters. The predicted molar refractivity (Wildman–Crippen MR) is 146 cm³/mol. The van der Waals surface area contributed by atoms with Crippen LogP contribution in [0.3, 0.4) is 0 Å². The minimum absolute atomic E-state index is 0.116. The van der Waals surface area contributed by atoms with Gasteiger partial charge in [-0.1, -0.05) is 12.5 Å². The van der Waals surface area contributed by atoms with E-state index in [1.165, 1.54) is 0 Å². The van der Waals surface area contributed by atoms with Crippen molar-refractivity contribution in [2.75, 3.05) is 49.7 Å². The van der Waals surface area contributed by atoms with Crippen LogP contribution in [0.15, 0.2) is 36.7 Å². The van der Waals surface area contributed by atoms with Crippen molar-refractivity contribution in [1.82, 2.24) is 14.9 Å². The first kappa shape index (κ1) is 25.9. The molecule has 1 saturated carbocycles. The maximum Gasteiger partial charge on any atom is 0.246 e. The van der Waals surface area contributed by atoms with E-state index in [1.807, 2.05) is 37.2 Å². The highest BCUT2D eigenvalue weighted by molar-refractivity contribution is 7.92. The van der Waals surface area contributed by atoms with Gasteiger partial charge in [-0.3, -0.25) is 14.5 Å². The lowest BCUT2D eigenvalue weighted by Gasteiger charge is -2.37. The Balaban J connectivity index is 1.55. The van der Waals surface area contributed by atoms with Gasteiger partial charge in [-0.05, 0) is 57.1 Å². The zero-order valence-corrected chi connectivity index (χ0v) is 22.5. The SMILES string of the molecule is CN(C)CCCOc1ncc(-c2ccc3ncc4c(c3c2)C2(CCC2)C(=O)N4C)cc1NS(=O)(=O)CC#N. The monoisotopic (exact) mass is 534 g/mol. The number of nitriles is 1. The number of amides is 1. The summed E-state index contributed by atoms with van der Waals surface area (Å²) in [6.45, 7) is 1.16. The Morgan fingerprint density at radius 2 is 1.97 bits per heavy atom. The van der Waals surface area contributed by atoms with Gasteiger partial charge in [-0.2, -0.15) is 5.26 Å². The van der Waals surface area contributed by atoms with E-state index in [4.69, 9.17) is 10.00 Å². The fourth-order valence-electron chi connectivity index (χ4n) is 5.29. The average Bonchev–Trinajstić information content (AvgIpc) is 3.09. The standard InChI is InChI=1S/C27H30N6O4S/c1-32(2)11-5-12-37-25-22(31-38(35,36)13-10-28)15-19(16-30-25)18-6-7-21-20(14-18)24-23(17-29-21)33(3)26(34)27(24)8-4-9-27/h6-7,14-17,31H,4-5,8-9,11-13H2,1-3H3. The van der Waals surface area contributed by atoms with Gasteiger partial charge in [0.2, 0.25) is 21.8 Å². The van der Waals surface area contributed by atoms with Crippen molar-refractivity contribution < 1.29 is 17.9 Å². The highest BCUT2D eigenvalue weighted by Gasteiger charge is 2.54. The number of ether oxygens (including phenoxy) is 1. The highest BCUT2D eigenvalue weighted by Crippen LogP contribution is 2.55. The molecule has 3 aromatic rings. The Kier molecular flexibility index (Phi) is 6.71. The lowest BCUT2D eigenvalue weighted by molar-refractivity contribution is -0.125. The zero-order chi connectivity index (χ0) is 27.1. The van der Waals surface area contributed by atoms with Crippen LogP contribution in [-0.2, 0) is 20.2 Å². The maximum atomic E-state index is 13.2. The van der Waals surface area contributed by atoms with Gasteiger partial charge in [0.15, 0.2) is 5.75 Å². The molecule has 1 spiro atoms. The second kappa shape index (κ2) is 9.85. The number of hydrogen-bond donors (Lipinski definition) is 1. The summed E-state index contributed by atoms with van der Waals surface area (Å²) < 4.78 is 33.1. The average molecular weight is 535 g/mol. The van der Waals surface area contributed by atoms with E-state index >= 15 is 0 Å². The minimum atomic E-state index is -3.91. The van der Waals surface area contributed by atoms with Gasteiger partial charge in [0, 0.05) is 36.3 Å². The molecule has 1 fully saturated rings. The number of rotatable bonds is 9. The Morgan fingerprint density at radius 1 is 1.18 bits per heavy atom. The van der Waals surface area contributed by atoms with Crippen LogP contribution in [0.1, 0.15) is 31.2 Å². The molecule has 0 unspecified atom stereocenters. The highest BCUT2D eigenvalue weighted by atomic mass is 32.2. The molecule has 1 aliphatic heterocycles. The summed E-state index contributed by atoms with van der Waals surface area (Å²) in [4.78, 5) is 25.9. The minimum Gasteiger partial charge on any atom is -0.476 e. The summed E-state index contributed by atoms with van der Waals surface area (Å²) >= 11 is 0. The number of nitrogens with zero attached hydrogens (tertiary/aromatic N) is 5. The number of carbonyl (C=O) groups excluding carboxylic acids is 1. The van der Waals surface area contributed by atoms with Gasteiger partial charge in [0.05, 0.1) is 35.5 Å². The number of carbonyl (C=O) groups is 1. The van der Waals surface area contributed by atoms with E-state index in [0.29, 0.717) is 12.2 Å². The van der Waals surface area contributed by atoms with Gasteiger partial charge in [-0.15, -0.1) is 0 Å². The fraction of sp³-hybridized carbons (Fsp3) is 0.407. The van der Waals surface area contributed by atoms with E-state index in [0.717, 1.165) is 59.9 Å². The second-order valence-electron chi connectivity index (χ2n) is 10.2. The third-order valence-electron chi connectivity index (χ3n) is 7.30. The normalized spacial score (nSPS) is 16.0. The smallest absolute Gasteiger partial charge is 0.246 e. The van der Waals surface area contributed by atoms with Crippen LogP contribution in [0.4, 0.5) is 11.4 Å². The third-order valence-corrected chi connectivity index (χ3v) is 8.34. The van der Waals surface area contributed by atoms with Crippen LogP contribution in [0.2, 0.25) is 0 Å². The molecule has 38 heavy (non-hydrogen) atoms. The third kappa shape index (κ3) is 4.54. The molecule has 10 nitrogen and oxygen atoms in total.